The highest BCUT2D eigenvalue weighted by Crippen LogP contribution is 1.88. The van der Waals surface area contributed by atoms with Crippen molar-refractivity contribution in [2.75, 3.05) is 0 Å². The van der Waals surface area contributed by atoms with Crippen LogP contribution in [0.2, 0.25) is 0 Å². The van der Waals surface area contributed by atoms with Gasteiger partial charge in [-0.25, -0.2) is 9.48 Å². The molecule has 0 aliphatic heterocycles. The zero-order valence-corrected chi connectivity index (χ0v) is 5.16. The predicted molar refractivity (Wildman–Crippen MR) is 27.9 cm³/mol. The molecule has 1 aromatic rings. The number of rotatable bonds is 0. The Morgan fingerprint density at radius 2 is 2.00 bits per heavy atom. The lowest BCUT2D eigenvalue weighted by atomic mass is 11.1. The zero-order chi connectivity index (χ0) is 7.02. The Bertz CT molecular complexity index is 272. The molecule has 0 saturated heterocycles. The summed E-state index contributed by atoms with van der Waals surface area (Å²) in [6.45, 7) is 0. The minimum absolute atomic E-state index is 0.512. The molecule has 1 rings (SSSR count). The van der Waals surface area contributed by atoms with Crippen LogP contribution in [0.15, 0.2) is 4.79 Å². The van der Waals surface area contributed by atoms with E-state index in [1.54, 1.807) is 0 Å². The number of aromatic nitrogens is 3. The maximum Gasteiger partial charge on any atom is 0.362 e. The fourth-order valence-electron chi connectivity index (χ4n) is 0.483. The first-order valence-corrected chi connectivity index (χ1v) is 2.40. The third-order valence-corrected chi connectivity index (χ3v) is 1.19. The lowest BCUT2D eigenvalue weighted by molar-refractivity contribution is -0.286. The van der Waals surface area contributed by atoms with Crippen LogP contribution in [0.25, 0.3) is 0 Å². The molecule has 50 valence electrons. The van der Waals surface area contributed by atoms with Crippen LogP contribution < -0.4 is 10.8 Å². The maximum atomic E-state index is 10.5. The molecule has 0 saturated carbocycles. The average Bonchev–Trinajstić information content (AvgIpc) is 1.98. The predicted octanol–water partition coefficient (Wildman–Crippen LogP) is -1.81. The van der Waals surface area contributed by atoms with Gasteiger partial charge in [0.05, 0.1) is 6.01 Å². The van der Waals surface area contributed by atoms with Crippen LogP contribution in [-0.2, 0) is 14.1 Å². The molecule has 0 bridgehead atoms. The first-order chi connectivity index (χ1) is 4.13. The van der Waals surface area contributed by atoms with Crippen molar-refractivity contribution in [3.8, 4) is 6.01 Å². The number of hydrogen-bond acceptors (Lipinski definition) is 3. The molecule has 9 heavy (non-hydrogen) atoms. The molecule has 0 atom stereocenters. The summed E-state index contributed by atoms with van der Waals surface area (Å²) in [5, 5.41) is 10.5. The van der Waals surface area contributed by atoms with Crippen LogP contribution in [0.4, 0.5) is 0 Å². The molecule has 0 unspecified atom stereocenters. The van der Waals surface area contributed by atoms with Crippen LogP contribution in [0.3, 0.4) is 0 Å². The standard InChI is InChI=1S/C4H7N3O2/c1-6-3(8)5-4(9)7(6)2/h1-2H3,(H,5,8,9)/p-1. The smallest absolute Gasteiger partial charge is 0.362 e. The van der Waals surface area contributed by atoms with E-state index in [0.717, 1.165) is 9.36 Å². The van der Waals surface area contributed by atoms with Gasteiger partial charge in [-0.3, -0.25) is 4.68 Å². The molecule has 1 heterocycles. The Kier molecular flexibility index (Phi) is 1.05. The van der Waals surface area contributed by atoms with Crippen LogP contribution in [0, 0.1) is 0 Å². The monoisotopic (exact) mass is 128 g/mol. The van der Waals surface area contributed by atoms with Crippen LogP contribution >= 0.6 is 0 Å². The van der Waals surface area contributed by atoms with Crippen LogP contribution in [-0.4, -0.2) is 14.3 Å². The summed E-state index contributed by atoms with van der Waals surface area (Å²) in [4.78, 5) is 13.6. The van der Waals surface area contributed by atoms with Gasteiger partial charge in [-0.05, 0) is 0 Å². The SMILES string of the molecule is Cn1c([O-])nc(=O)n1C. The summed E-state index contributed by atoms with van der Waals surface area (Å²) < 4.78 is 2.28. The average molecular weight is 128 g/mol. The van der Waals surface area contributed by atoms with E-state index >= 15 is 0 Å². The summed E-state index contributed by atoms with van der Waals surface area (Å²) in [5.41, 5.74) is -0.512. The van der Waals surface area contributed by atoms with Gasteiger partial charge in [0.15, 0.2) is 0 Å². The van der Waals surface area contributed by atoms with Crippen LogP contribution in [0.1, 0.15) is 0 Å². The van der Waals surface area contributed by atoms with Gasteiger partial charge in [0.1, 0.15) is 0 Å². The zero-order valence-electron chi connectivity index (χ0n) is 5.16. The molecule has 5 heteroatoms. The Balaban J connectivity index is 3.47. The summed E-state index contributed by atoms with van der Waals surface area (Å²) in [5.74, 6) is 0. The second-order valence-electron chi connectivity index (χ2n) is 1.72. The van der Waals surface area contributed by atoms with Gasteiger partial charge in [-0.2, -0.15) is 4.98 Å². The quantitative estimate of drug-likeness (QED) is 0.413. The fourth-order valence-corrected chi connectivity index (χ4v) is 0.483. The van der Waals surface area contributed by atoms with E-state index in [0.29, 0.717) is 0 Å². The van der Waals surface area contributed by atoms with E-state index in [1.807, 2.05) is 0 Å². The third kappa shape index (κ3) is 0.697. The Morgan fingerprint density at radius 1 is 1.44 bits per heavy atom. The summed E-state index contributed by atoms with van der Waals surface area (Å²) in [6.07, 6.45) is 0. The molecule has 0 aromatic carbocycles. The normalized spacial score (nSPS) is 10.0. The van der Waals surface area contributed by atoms with Crippen molar-refractivity contribution >= 4 is 0 Å². The first kappa shape index (κ1) is 5.87. The molecule has 0 N–H and O–H groups in total. The first-order valence-electron chi connectivity index (χ1n) is 2.40. The maximum absolute atomic E-state index is 10.5. The molecule has 0 amide bonds. The van der Waals surface area contributed by atoms with E-state index in [9.17, 15) is 9.90 Å². The Labute approximate surface area is 51.2 Å². The van der Waals surface area contributed by atoms with Gasteiger partial charge in [0.2, 0.25) is 0 Å². The molecule has 1 aromatic heterocycles. The number of nitrogens with zero attached hydrogens (tertiary/aromatic N) is 3. The Hall–Kier alpha value is -1.26. The molecule has 0 spiro atoms. The highest BCUT2D eigenvalue weighted by atomic mass is 16.3. The minimum atomic E-state index is -0.512. The molecule has 0 fully saturated rings. The largest absolute Gasteiger partial charge is 0.845 e. The van der Waals surface area contributed by atoms with Crippen molar-refractivity contribution in [3.63, 3.8) is 0 Å². The highest BCUT2D eigenvalue weighted by Gasteiger charge is 1.94. The Morgan fingerprint density at radius 3 is 2.11 bits per heavy atom. The summed E-state index contributed by atoms with van der Waals surface area (Å²) >= 11 is 0. The molecule has 0 radical (unpaired) electrons. The van der Waals surface area contributed by atoms with Crippen molar-refractivity contribution in [3.05, 3.63) is 10.5 Å². The molecular formula is C4H6N3O2-. The van der Waals surface area contributed by atoms with E-state index in [1.165, 1.54) is 14.1 Å². The van der Waals surface area contributed by atoms with Crippen LogP contribution in [0.5, 0.6) is 6.01 Å². The van der Waals surface area contributed by atoms with Gasteiger partial charge < -0.3 is 5.11 Å². The molecule has 5 nitrogen and oxygen atoms in total. The summed E-state index contributed by atoms with van der Waals surface area (Å²) in [7, 11) is 2.97. The fraction of sp³-hybridized carbons (Fsp3) is 0.500. The van der Waals surface area contributed by atoms with E-state index in [4.69, 9.17) is 0 Å². The topological polar surface area (TPSA) is 62.9 Å². The molecule has 0 aliphatic rings. The van der Waals surface area contributed by atoms with Crippen molar-refractivity contribution in [1.29, 1.82) is 0 Å². The van der Waals surface area contributed by atoms with Gasteiger partial charge in [-0.15, -0.1) is 0 Å². The van der Waals surface area contributed by atoms with Crippen molar-refractivity contribution in [1.82, 2.24) is 14.3 Å². The second kappa shape index (κ2) is 1.61. The van der Waals surface area contributed by atoms with Crippen molar-refractivity contribution in [2.45, 2.75) is 0 Å². The highest BCUT2D eigenvalue weighted by molar-refractivity contribution is 4.84. The molecular weight excluding hydrogens is 122 g/mol. The lowest BCUT2D eigenvalue weighted by Gasteiger charge is -2.03. The van der Waals surface area contributed by atoms with E-state index < -0.39 is 11.7 Å². The van der Waals surface area contributed by atoms with Gasteiger partial charge in [-0.1, -0.05) is 0 Å². The van der Waals surface area contributed by atoms with E-state index in [-0.39, 0.29) is 0 Å². The number of hydrogen-bond donors (Lipinski definition) is 0. The lowest BCUT2D eigenvalue weighted by Crippen LogP contribution is -2.17. The second-order valence-corrected chi connectivity index (χ2v) is 1.72. The van der Waals surface area contributed by atoms with E-state index in [2.05, 4.69) is 4.98 Å². The van der Waals surface area contributed by atoms with Crippen molar-refractivity contribution < 1.29 is 5.11 Å². The third-order valence-electron chi connectivity index (χ3n) is 1.19. The minimum Gasteiger partial charge on any atom is -0.845 e. The van der Waals surface area contributed by atoms with Gasteiger partial charge in [0.25, 0.3) is 0 Å². The van der Waals surface area contributed by atoms with Gasteiger partial charge in [0, 0.05) is 14.1 Å². The van der Waals surface area contributed by atoms with Gasteiger partial charge >= 0.3 is 5.69 Å². The van der Waals surface area contributed by atoms with Crippen molar-refractivity contribution in [2.24, 2.45) is 14.1 Å². The summed E-state index contributed by atoms with van der Waals surface area (Å²) in [6, 6.07) is -0.512. The molecule has 0 aliphatic carbocycles.